The Morgan fingerprint density at radius 2 is 2.26 bits per heavy atom. The minimum atomic E-state index is -0.117. The summed E-state index contributed by atoms with van der Waals surface area (Å²) in [6, 6.07) is 5.34. The van der Waals surface area contributed by atoms with Gasteiger partial charge in [0.05, 0.1) is 0 Å². The monoisotopic (exact) mass is 281 g/mol. The number of likely N-dealkylation sites (tertiary alicyclic amines) is 1. The van der Waals surface area contributed by atoms with E-state index < -0.39 is 0 Å². The molecule has 1 fully saturated rings. The van der Waals surface area contributed by atoms with Gasteiger partial charge in [0.2, 0.25) is 0 Å². The third-order valence-corrected chi connectivity index (χ3v) is 3.82. The normalized spacial score (nSPS) is 20.2. The number of nitrogens with zero attached hydrogens (tertiary/aromatic N) is 1. The molecule has 1 aromatic carbocycles. The minimum absolute atomic E-state index is 0.117. The summed E-state index contributed by atoms with van der Waals surface area (Å²) in [5.41, 5.74) is 6.71. The van der Waals surface area contributed by atoms with Gasteiger partial charge in [0, 0.05) is 28.9 Å². The molecule has 0 aliphatic carbocycles. The van der Waals surface area contributed by atoms with Gasteiger partial charge in [-0.15, -0.1) is 0 Å². The Labute approximate surface area is 118 Å². The summed E-state index contributed by atoms with van der Waals surface area (Å²) < 4.78 is 0. The highest BCUT2D eigenvalue weighted by atomic mass is 35.5. The van der Waals surface area contributed by atoms with Crippen LogP contribution in [0.25, 0.3) is 0 Å². The fraction of sp³-hybridized carbons (Fsp3) is 0.500. The standard InChI is InChI=1S/C14H20ClN3O/c1-18-5-3-2-4-13(18)9-17-14(19)10-6-11(15)8-12(16)7-10/h6-8,13H,2-5,9,16H2,1H3,(H,17,19). The van der Waals surface area contributed by atoms with Crippen LogP contribution in [-0.4, -0.2) is 37.0 Å². The van der Waals surface area contributed by atoms with Gasteiger partial charge in [-0.25, -0.2) is 0 Å². The first kappa shape index (κ1) is 14.2. The Morgan fingerprint density at radius 3 is 2.95 bits per heavy atom. The third-order valence-electron chi connectivity index (χ3n) is 3.60. The van der Waals surface area contributed by atoms with Crippen molar-refractivity contribution >= 4 is 23.2 Å². The van der Waals surface area contributed by atoms with Crippen LogP contribution in [0.2, 0.25) is 5.02 Å². The predicted molar refractivity (Wildman–Crippen MR) is 78.5 cm³/mol. The number of carbonyl (C=O) groups excluding carboxylic acids is 1. The molecule has 5 heteroatoms. The van der Waals surface area contributed by atoms with E-state index in [0.717, 1.165) is 13.0 Å². The Kier molecular flexibility index (Phi) is 4.66. The molecule has 0 saturated carbocycles. The van der Waals surface area contributed by atoms with Crippen LogP contribution in [0.3, 0.4) is 0 Å². The topological polar surface area (TPSA) is 58.4 Å². The van der Waals surface area contributed by atoms with E-state index in [4.69, 9.17) is 17.3 Å². The van der Waals surface area contributed by atoms with E-state index in [0.29, 0.717) is 28.9 Å². The van der Waals surface area contributed by atoms with Crippen LogP contribution >= 0.6 is 11.6 Å². The predicted octanol–water partition coefficient (Wildman–Crippen LogP) is 2.14. The van der Waals surface area contributed by atoms with E-state index in [2.05, 4.69) is 17.3 Å². The molecule has 19 heavy (non-hydrogen) atoms. The number of rotatable bonds is 3. The van der Waals surface area contributed by atoms with Crippen molar-refractivity contribution in [2.45, 2.75) is 25.3 Å². The molecule has 0 spiro atoms. The molecular weight excluding hydrogens is 262 g/mol. The summed E-state index contributed by atoms with van der Waals surface area (Å²) in [6.07, 6.45) is 3.61. The lowest BCUT2D eigenvalue weighted by Gasteiger charge is -2.32. The zero-order chi connectivity index (χ0) is 13.8. The molecular formula is C14H20ClN3O. The van der Waals surface area contributed by atoms with Gasteiger partial charge in [0.15, 0.2) is 0 Å². The van der Waals surface area contributed by atoms with Gasteiger partial charge in [0.1, 0.15) is 0 Å². The van der Waals surface area contributed by atoms with E-state index in [9.17, 15) is 4.79 Å². The second-order valence-corrected chi connectivity index (χ2v) is 5.55. The zero-order valence-corrected chi connectivity index (χ0v) is 11.9. The van der Waals surface area contributed by atoms with Crippen LogP contribution in [0.4, 0.5) is 5.69 Å². The van der Waals surface area contributed by atoms with Gasteiger partial charge in [-0.1, -0.05) is 18.0 Å². The highest BCUT2D eigenvalue weighted by molar-refractivity contribution is 6.31. The highest BCUT2D eigenvalue weighted by Crippen LogP contribution is 2.17. The van der Waals surface area contributed by atoms with E-state index in [1.54, 1.807) is 18.2 Å². The Balaban J connectivity index is 1.93. The number of amides is 1. The largest absolute Gasteiger partial charge is 0.399 e. The van der Waals surface area contributed by atoms with Crippen molar-refractivity contribution < 1.29 is 4.79 Å². The molecule has 4 nitrogen and oxygen atoms in total. The van der Waals surface area contributed by atoms with E-state index in [1.165, 1.54) is 12.8 Å². The van der Waals surface area contributed by atoms with Gasteiger partial charge in [-0.2, -0.15) is 0 Å². The van der Waals surface area contributed by atoms with E-state index >= 15 is 0 Å². The minimum Gasteiger partial charge on any atom is -0.399 e. The summed E-state index contributed by atoms with van der Waals surface area (Å²) in [5.74, 6) is -0.117. The Hall–Kier alpha value is -1.26. The van der Waals surface area contributed by atoms with Crippen LogP contribution < -0.4 is 11.1 Å². The van der Waals surface area contributed by atoms with Gasteiger partial charge >= 0.3 is 0 Å². The lowest BCUT2D eigenvalue weighted by Crippen LogP contribution is -2.44. The maximum absolute atomic E-state index is 12.1. The van der Waals surface area contributed by atoms with Crippen LogP contribution in [0.5, 0.6) is 0 Å². The van der Waals surface area contributed by atoms with E-state index in [-0.39, 0.29) is 5.91 Å². The molecule has 0 aromatic heterocycles. The fourth-order valence-corrected chi connectivity index (χ4v) is 2.70. The number of anilines is 1. The molecule has 1 aromatic rings. The van der Waals surface area contributed by atoms with Gasteiger partial charge in [-0.05, 0) is 44.6 Å². The molecule has 0 bridgehead atoms. The average Bonchev–Trinajstić information content (AvgIpc) is 2.36. The molecule has 3 N–H and O–H groups in total. The number of benzene rings is 1. The van der Waals surface area contributed by atoms with Crippen molar-refractivity contribution in [1.29, 1.82) is 0 Å². The SMILES string of the molecule is CN1CCCCC1CNC(=O)c1cc(N)cc(Cl)c1. The summed E-state index contributed by atoms with van der Waals surface area (Å²) in [4.78, 5) is 14.4. The molecule has 2 rings (SSSR count). The van der Waals surface area contributed by atoms with Crippen molar-refractivity contribution in [2.75, 3.05) is 25.9 Å². The third kappa shape index (κ3) is 3.85. The summed E-state index contributed by atoms with van der Waals surface area (Å²) >= 11 is 5.90. The van der Waals surface area contributed by atoms with Crippen molar-refractivity contribution in [1.82, 2.24) is 10.2 Å². The van der Waals surface area contributed by atoms with E-state index in [1.807, 2.05) is 0 Å². The van der Waals surface area contributed by atoms with Crippen molar-refractivity contribution in [3.05, 3.63) is 28.8 Å². The first-order chi connectivity index (χ1) is 9.06. The lowest BCUT2D eigenvalue weighted by atomic mass is 10.0. The zero-order valence-electron chi connectivity index (χ0n) is 11.2. The smallest absolute Gasteiger partial charge is 0.251 e. The second kappa shape index (κ2) is 6.26. The highest BCUT2D eigenvalue weighted by Gasteiger charge is 2.19. The molecule has 1 heterocycles. The summed E-state index contributed by atoms with van der Waals surface area (Å²) in [7, 11) is 2.10. The lowest BCUT2D eigenvalue weighted by molar-refractivity contribution is 0.0928. The van der Waals surface area contributed by atoms with Crippen molar-refractivity contribution in [3.63, 3.8) is 0 Å². The molecule has 1 saturated heterocycles. The van der Waals surface area contributed by atoms with Crippen LogP contribution in [0, 0.1) is 0 Å². The van der Waals surface area contributed by atoms with Gasteiger partial charge in [-0.3, -0.25) is 4.79 Å². The summed E-state index contributed by atoms with van der Waals surface area (Å²) in [6.45, 7) is 1.77. The van der Waals surface area contributed by atoms with Gasteiger partial charge < -0.3 is 16.0 Å². The summed E-state index contributed by atoms with van der Waals surface area (Å²) in [5, 5.41) is 3.44. The molecule has 104 valence electrons. The quantitative estimate of drug-likeness (QED) is 0.835. The number of hydrogen-bond acceptors (Lipinski definition) is 3. The maximum Gasteiger partial charge on any atom is 0.251 e. The van der Waals surface area contributed by atoms with Crippen molar-refractivity contribution in [3.8, 4) is 0 Å². The number of likely N-dealkylation sites (N-methyl/N-ethyl adjacent to an activating group) is 1. The maximum atomic E-state index is 12.1. The van der Waals surface area contributed by atoms with Crippen LogP contribution in [0.1, 0.15) is 29.6 Å². The number of nitrogen functional groups attached to an aromatic ring is 1. The number of piperidine rings is 1. The second-order valence-electron chi connectivity index (χ2n) is 5.11. The first-order valence-electron chi connectivity index (χ1n) is 6.61. The molecule has 1 amide bonds. The number of nitrogens with one attached hydrogen (secondary N) is 1. The fourth-order valence-electron chi connectivity index (χ4n) is 2.46. The molecule has 1 aliphatic heterocycles. The van der Waals surface area contributed by atoms with Crippen LogP contribution in [0.15, 0.2) is 18.2 Å². The average molecular weight is 282 g/mol. The molecule has 1 aliphatic rings. The Bertz CT molecular complexity index is 444. The van der Waals surface area contributed by atoms with Crippen molar-refractivity contribution in [2.24, 2.45) is 0 Å². The number of carbonyl (C=O) groups is 1. The number of hydrogen-bond donors (Lipinski definition) is 2. The molecule has 1 unspecified atom stereocenters. The molecule has 0 radical (unpaired) electrons. The first-order valence-corrected chi connectivity index (χ1v) is 6.98. The Morgan fingerprint density at radius 1 is 1.47 bits per heavy atom. The number of halogens is 1. The molecule has 1 atom stereocenters. The number of nitrogens with two attached hydrogens (primary N) is 1. The van der Waals surface area contributed by atoms with Crippen LogP contribution in [-0.2, 0) is 0 Å². The van der Waals surface area contributed by atoms with Gasteiger partial charge in [0.25, 0.3) is 5.91 Å².